The fourth-order valence-corrected chi connectivity index (χ4v) is 20.6. The molecule has 9 heteroatoms. The lowest BCUT2D eigenvalue weighted by Gasteiger charge is -2.11. The van der Waals surface area contributed by atoms with Crippen molar-refractivity contribution in [2.45, 2.75) is 0 Å². The second-order valence-corrected chi connectivity index (χ2v) is 31.6. The number of rotatable bonds is 6. The molecule has 18 aromatic carbocycles. The fraction of sp³-hybridized carbons (Fsp3) is 0. The lowest BCUT2D eigenvalue weighted by atomic mass is 10.1. The summed E-state index contributed by atoms with van der Waals surface area (Å²) in [6, 6.07) is 144. The van der Waals surface area contributed by atoms with Crippen LogP contribution in [-0.2, 0) is 0 Å². The molecule has 0 unspecified atom stereocenters. The first-order chi connectivity index (χ1) is 58.1. The molecule has 0 N–H and O–H groups in total. The second kappa shape index (κ2) is 25.5. The van der Waals surface area contributed by atoms with E-state index in [1.54, 1.807) is 0 Å². The zero-order valence-electron chi connectivity index (χ0n) is 63.0. The predicted octanol–water partition coefficient (Wildman–Crippen LogP) is 29.8. The van der Waals surface area contributed by atoms with Gasteiger partial charge in [-0.15, -0.1) is 11.3 Å². The molecular weight excluding hydrogens is 1450 g/mol. The van der Waals surface area contributed by atoms with Gasteiger partial charge in [-0.1, -0.05) is 243 Å². The SMILES string of the molecule is c1ccc2c(c1)oc1c(-n3c4ccccc4c4cc(-n5c6ccccc6c6ccccc65)ccc43)cccc12.c1ccc2c(c1)oc1ccc(-n3c4ccccc4c4cc(-n5c6ccccc6c6ccccc65)ccc43)cc12.c1ccc2c(c1)sc1c(-n3c4ccccc4c4cc(-n5c6ccccc6c6ccccc65)ccc43)cccc12. The minimum Gasteiger partial charge on any atom is -0.456 e. The molecule has 0 aliphatic heterocycles. The van der Waals surface area contributed by atoms with Crippen LogP contribution in [0.5, 0.6) is 0 Å². The summed E-state index contributed by atoms with van der Waals surface area (Å²) in [6.07, 6.45) is 0. The summed E-state index contributed by atoms with van der Waals surface area (Å²) in [7, 11) is 0. The first-order valence-corrected chi connectivity index (χ1v) is 40.7. The first-order valence-electron chi connectivity index (χ1n) is 39.9. The lowest BCUT2D eigenvalue weighted by molar-refractivity contribution is 0.666. The number of fused-ring (bicyclic) bond motifs is 27. The zero-order chi connectivity index (χ0) is 76.5. The van der Waals surface area contributed by atoms with Crippen LogP contribution in [0.3, 0.4) is 0 Å². The van der Waals surface area contributed by atoms with Crippen LogP contribution in [0.4, 0.5) is 0 Å². The minimum atomic E-state index is 0.910. The third-order valence-corrected chi connectivity index (χ3v) is 25.6. The summed E-state index contributed by atoms with van der Waals surface area (Å²) in [5.74, 6) is 0. The summed E-state index contributed by atoms with van der Waals surface area (Å²) < 4.78 is 29.6. The second-order valence-electron chi connectivity index (χ2n) is 30.6. The third kappa shape index (κ3) is 9.75. The number of furan rings is 2. The minimum absolute atomic E-state index is 0.910. The van der Waals surface area contributed by atoms with Crippen molar-refractivity contribution in [3.8, 4) is 34.1 Å². The number of nitrogens with zero attached hydrogens (tertiary/aromatic N) is 6. The Balaban J connectivity index is 0.0000000980. The number of thiophene rings is 1. The molecule has 0 radical (unpaired) electrons. The predicted molar refractivity (Wildman–Crippen MR) is 493 cm³/mol. The molecule has 27 aromatic rings. The van der Waals surface area contributed by atoms with E-state index < -0.39 is 0 Å². The highest BCUT2D eigenvalue weighted by Gasteiger charge is 2.24. The lowest BCUT2D eigenvalue weighted by Crippen LogP contribution is -1.96. The summed E-state index contributed by atoms with van der Waals surface area (Å²) in [4.78, 5) is 0. The van der Waals surface area contributed by atoms with Crippen LogP contribution < -0.4 is 0 Å². The number of para-hydroxylation sites is 12. The van der Waals surface area contributed by atoms with E-state index >= 15 is 0 Å². The van der Waals surface area contributed by atoms with Crippen LogP contribution in [0, 0.1) is 0 Å². The van der Waals surface area contributed by atoms with E-state index in [1.165, 1.54) is 163 Å². The van der Waals surface area contributed by atoms with Gasteiger partial charge in [0.05, 0.1) is 82.3 Å². The fourth-order valence-electron chi connectivity index (χ4n) is 19.4. The Morgan fingerprint density at radius 2 is 0.427 bits per heavy atom. The molecular formula is C108H66N6O2S. The van der Waals surface area contributed by atoms with Crippen molar-refractivity contribution in [2.75, 3.05) is 0 Å². The highest BCUT2D eigenvalue weighted by atomic mass is 32.1. The average molecular weight is 1510 g/mol. The van der Waals surface area contributed by atoms with E-state index in [1.807, 2.05) is 35.6 Å². The molecule has 27 rings (SSSR count). The van der Waals surface area contributed by atoms with Crippen molar-refractivity contribution in [3.63, 3.8) is 0 Å². The van der Waals surface area contributed by atoms with Crippen LogP contribution in [0.1, 0.15) is 0 Å². The van der Waals surface area contributed by atoms with Crippen molar-refractivity contribution < 1.29 is 8.83 Å². The Kier molecular flexibility index (Phi) is 14.2. The molecule has 117 heavy (non-hydrogen) atoms. The van der Waals surface area contributed by atoms with E-state index in [9.17, 15) is 0 Å². The molecule has 0 saturated heterocycles. The van der Waals surface area contributed by atoms with Crippen LogP contribution in [0.15, 0.2) is 409 Å². The van der Waals surface area contributed by atoms with E-state index in [0.717, 1.165) is 66.5 Å². The summed E-state index contributed by atoms with van der Waals surface area (Å²) in [5.41, 5.74) is 25.1. The molecule has 8 nitrogen and oxygen atoms in total. The Morgan fingerprint density at radius 1 is 0.162 bits per heavy atom. The van der Waals surface area contributed by atoms with Gasteiger partial charge in [0, 0.05) is 124 Å². The summed E-state index contributed by atoms with van der Waals surface area (Å²) in [6.45, 7) is 0. The molecule has 0 aliphatic carbocycles. The molecule has 0 atom stereocenters. The zero-order valence-corrected chi connectivity index (χ0v) is 63.8. The molecule has 9 heterocycles. The van der Waals surface area contributed by atoms with Gasteiger partial charge >= 0.3 is 0 Å². The number of aromatic nitrogens is 6. The number of hydrogen-bond acceptors (Lipinski definition) is 3. The monoisotopic (exact) mass is 1510 g/mol. The van der Waals surface area contributed by atoms with Gasteiger partial charge in [0.2, 0.25) is 0 Å². The van der Waals surface area contributed by atoms with Crippen molar-refractivity contribution in [1.29, 1.82) is 0 Å². The van der Waals surface area contributed by atoms with E-state index in [4.69, 9.17) is 8.83 Å². The van der Waals surface area contributed by atoms with Crippen molar-refractivity contribution in [3.05, 3.63) is 400 Å². The molecule has 0 amide bonds. The Bertz CT molecular complexity index is 8310. The molecule has 0 bridgehead atoms. The first kappa shape index (κ1) is 65.2. The quantitative estimate of drug-likeness (QED) is 0.167. The van der Waals surface area contributed by atoms with E-state index in [2.05, 4.69) is 404 Å². The highest BCUT2D eigenvalue weighted by Crippen LogP contribution is 2.46. The topological polar surface area (TPSA) is 55.9 Å². The standard InChI is InChI=1S/2C36H22N2O.C36H22N2S/c1-5-15-30-24(10-1)25-11-2-6-16-31(25)37(30)23-20-21-33-29(22-23)26-12-3-7-17-32(26)38(33)34-18-9-14-28-27-13-4-8-19-35(27)39-36(28)34;1-5-13-31-25(9-1)26-10-2-6-14-32(26)37(31)23-17-19-34-29(21-23)27-11-3-7-15-33(27)38(34)24-18-20-36-30(22-24)28-12-4-8-16-35(28)39-36;1-5-15-30-24(10-1)25-11-2-6-16-31(25)37(30)23-20-21-33-29(22-23)26-12-3-7-17-32(26)38(33)34-18-9-14-28-27-13-4-8-19-35(27)39-36(28)34/h3*1-22H. The van der Waals surface area contributed by atoms with Gasteiger partial charge in [-0.05, 0) is 158 Å². The van der Waals surface area contributed by atoms with Gasteiger partial charge in [-0.25, -0.2) is 0 Å². The van der Waals surface area contributed by atoms with Crippen molar-refractivity contribution >= 4 is 206 Å². The largest absolute Gasteiger partial charge is 0.456 e. The summed E-state index contributed by atoms with van der Waals surface area (Å²) in [5, 5.41) is 22.3. The van der Waals surface area contributed by atoms with Gasteiger partial charge in [-0.2, -0.15) is 0 Å². The maximum absolute atomic E-state index is 6.46. The Hall–Kier alpha value is -15.4. The summed E-state index contributed by atoms with van der Waals surface area (Å²) >= 11 is 1.88. The van der Waals surface area contributed by atoms with Gasteiger partial charge in [0.25, 0.3) is 0 Å². The third-order valence-electron chi connectivity index (χ3n) is 24.4. The molecule has 0 spiro atoms. The molecule has 0 saturated carbocycles. The van der Waals surface area contributed by atoms with Gasteiger partial charge in [0.15, 0.2) is 5.58 Å². The van der Waals surface area contributed by atoms with Crippen LogP contribution in [0.25, 0.3) is 229 Å². The average Bonchev–Trinajstić information content (AvgIpc) is 1.57. The van der Waals surface area contributed by atoms with Crippen LogP contribution >= 0.6 is 11.3 Å². The molecule has 546 valence electrons. The smallest absolute Gasteiger partial charge is 0.159 e. The molecule has 0 fully saturated rings. The number of hydrogen-bond donors (Lipinski definition) is 0. The van der Waals surface area contributed by atoms with E-state index in [-0.39, 0.29) is 0 Å². The maximum atomic E-state index is 6.46. The van der Waals surface area contributed by atoms with Crippen LogP contribution in [-0.4, -0.2) is 27.4 Å². The normalized spacial score (nSPS) is 12.1. The maximum Gasteiger partial charge on any atom is 0.159 e. The van der Waals surface area contributed by atoms with E-state index in [0.29, 0.717) is 0 Å². The van der Waals surface area contributed by atoms with Crippen LogP contribution in [0.2, 0.25) is 0 Å². The highest BCUT2D eigenvalue weighted by molar-refractivity contribution is 7.26. The molecule has 9 aromatic heterocycles. The molecule has 0 aliphatic rings. The van der Waals surface area contributed by atoms with Crippen molar-refractivity contribution in [1.82, 2.24) is 27.4 Å². The number of benzene rings is 18. The van der Waals surface area contributed by atoms with Gasteiger partial charge in [-0.3, -0.25) is 0 Å². The van der Waals surface area contributed by atoms with Crippen molar-refractivity contribution in [2.24, 2.45) is 0 Å². The van der Waals surface area contributed by atoms with Gasteiger partial charge < -0.3 is 36.2 Å². The Labute approximate surface area is 672 Å². The van der Waals surface area contributed by atoms with Gasteiger partial charge in [0.1, 0.15) is 16.7 Å². The Morgan fingerprint density at radius 3 is 0.846 bits per heavy atom.